The Labute approximate surface area is 205 Å². The number of amides is 1. The zero-order valence-electron chi connectivity index (χ0n) is 20.2. The summed E-state index contributed by atoms with van der Waals surface area (Å²) in [5.74, 6) is 0.330. The fourth-order valence-corrected chi connectivity index (χ4v) is 5.00. The molecule has 0 atom stereocenters. The molecule has 0 bridgehead atoms. The number of ether oxygens (including phenoxy) is 2. The minimum absolute atomic E-state index is 0.122. The van der Waals surface area contributed by atoms with Crippen molar-refractivity contribution in [2.45, 2.75) is 71.6 Å². The normalized spacial score (nSPS) is 16.7. The lowest BCUT2D eigenvalue weighted by Crippen LogP contribution is -2.40. The Morgan fingerprint density at radius 3 is 2.56 bits per heavy atom. The molecule has 1 aromatic carbocycles. The van der Waals surface area contributed by atoms with Gasteiger partial charge in [-0.25, -0.2) is 0 Å². The van der Waals surface area contributed by atoms with Crippen LogP contribution in [0.25, 0.3) is 0 Å². The standard InChI is InChI=1S/C26H34ClN3O4/c1-4-30(18-8-10-33-11-9-18)23-14-20(34-19-6-5-7-19)13-21(24(23)27)25(31)28-15-22-16(2)12-17(3)29-26(22)32/h12-14,18-19H,4-11,15H2,1-3H3,(H,28,31)(H,29,32). The van der Waals surface area contributed by atoms with E-state index in [1.165, 1.54) is 0 Å². The maximum atomic E-state index is 13.3. The van der Waals surface area contributed by atoms with Gasteiger partial charge in [-0.15, -0.1) is 0 Å². The maximum Gasteiger partial charge on any atom is 0.253 e. The fourth-order valence-electron chi connectivity index (χ4n) is 4.69. The van der Waals surface area contributed by atoms with Crippen LogP contribution in [0.15, 0.2) is 23.0 Å². The van der Waals surface area contributed by atoms with Gasteiger partial charge in [0.15, 0.2) is 0 Å². The molecule has 2 aromatic rings. The lowest BCUT2D eigenvalue weighted by atomic mass is 9.96. The molecule has 1 amide bonds. The number of rotatable bonds is 8. The number of aromatic nitrogens is 1. The number of halogens is 1. The van der Waals surface area contributed by atoms with E-state index in [4.69, 9.17) is 21.1 Å². The molecule has 1 aliphatic carbocycles. The highest BCUT2D eigenvalue weighted by Crippen LogP contribution is 2.38. The molecule has 4 rings (SSSR count). The first-order valence-corrected chi connectivity index (χ1v) is 12.6. The van der Waals surface area contributed by atoms with Gasteiger partial charge >= 0.3 is 0 Å². The smallest absolute Gasteiger partial charge is 0.253 e. The van der Waals surface area contributed by atoms with E-state index < -0.39 is 0 Å². The minimum atomic E-state index is -0.326. The summed E-state index contributed by atoms with van der Waals surface area (Å²) in [6, 6.07) is 5.88. The highest BCUT2D eigenvalue weighted by Gasteiger charge is 2.27. The van der Waals surface area contributed by atoms with Crippen LogP contribution in [0.1, 0.15) is 66.2 Å². The molecule has 1 aliphatic heterocycles. The van der Waals surface area contributed by atoms with Crippen LogP contribution in [-0.4, -0.2) is 42.8 Å². The van der Waals surface area contributed by atoms with Gasteiger partial charge in [0, 0.05) is 49.7 Å². The molecule has 34 heavy (non-hydrogen) atoms. The molecule has 2 N–H and O–H groups in total. The van der Waals surface area contributed by atoms with E-state index >= 15 is 0 Å². The molecule has 2 fully saturated rings. The molecule has 0 unspecified atom stereocenters. The summed E-state index contributed by atoms with van der Waals surface area (Å²) in [7, 11) is 0. The van der Waals surface area contributed by atoms with Crippen molar-refractivity contribution in [1.29, 1.82) is 0 Å². The highest BCUT2D eigenvalue weighted by molar-refractivity contribution is 6.36. The van der Waals surface area contributed by atoms with Crippen LogP contribution >= 0.6 is 11.6 Å². The molecule has 2 aliphatic rings. The Hall–Kier alpha value is -2.51. The van der Waals surface area contributed by atoms with Crippen molar-refractivity contribution in [3.63, 3.8) is 0 Å². The van der Waals surface area contributed by atoms with Gasteiger partial charge in [-0.3, -0.25) is 9.59 Å². The maximum absolute atomic E-state index is 13.3. The quantitative estimate of drug-likeness (QED) is 0.572. The number of aromatic amines is 1. The third-order valence-corrected chi connectivity index (χ3v) is 7.22. The first-order chi connectivity index (χ1) is 16.4. The van der Waals surface area contributed by atoms with Gasteiger partial charge in [-0.2, -0.15) is 0 Å². The van der Waals surface area contributed by atoms with E-state index in [1.807, 2.05) is 26.0 Å². The summed E-state index contributed by atoms with van der Waals surface area (Å²) < 4.78 is 11.7. The third-order valence-electron chi connectivity index (χ3n) is 6.83. The highest BCUT2D eigenvalue weighted by atomic mass is 35.5. The minimum Gasteiger partial charge on any atom is -0.490 e. The molecule has 2 heterocycles. The largest absolute Gasteiger partial charge is 0.490 e. The van der Waals surface area contributed by atoms with E-state index in [0.29, 0.717) is 27.9 Å². The zero-order valence-corrected chi connectivity index (χ0v) is 21.0. The van der Waals surface area contributed by atoms with Crippen LogP contribution in [0, 0.1) is 13.8 Å². The summed E-state index contributed by atoms with van der Waals surface area (Å²) in [5, 5.41) is 3.30. The number of hydrogen-bond acceptors (Lipinski definition) is 5. The lowest BCUT2D eigenvalue weighted by molar-refractivity contribution is 0.0845. The predicted molar refractivity (Wildman–Crippen MR) is 134 cm³/mol. The first kappa shape index (κ1) is 24.6. The number of carbonyl (C=O) groups excluding carboxylic acids is 1. The van der Waals surface area contributed by atoms with Crippen LogP contribution in [0.5, 0.6) is 5.75 Å². The monoisotopic (exact) mass is 487 g/mol. The summed E-state index contributed by atoms with van der Waals surface area (Å²) in [6.07, 6.45) is 5.20. The van der Waals surface area contributed by atoms with Crippen molar-refractivity contribution in [1.82, 2.24) is 10.3 Å². The Morgan fingerprint density at radius 1 is 1.21 bits per heavy atom. The SMILES string of the molecule is CCN(c1cc(OC2CCC2)cc(C(=O)NCc2c(C)cc(C)[nH]c2=O)c1Cl)C1CCOCC1. The number of aryl methyl sites for hydroxylation is 2. The molecule has 7 nitrogen and oxygen atoms in total. The predicted octanol–water partition coefficient (Wildman–Crippen LogP) is 4.51. The average molecular weight is 488 g/mol. The second-order valence-corrected chi connectivity index (χ2v) is 9.61. The number of benzene rings is 1. The van der Waals surface area contributed by atoms with Crippen LogP contribution in [0.2, 0.25) is 5.02 Å². The second kappa shape index (κ2) is 10.8. The molecule has 0 spiro atoms. The van der Waals surface area contributed by atoms with Gasteiger partial charge < -0.3 is 24.7 Å². The molecular weight excluding hydrogens is 454 g/mol. The molecule has 1 saturated carbocycles. The Morgan fingerprint density at radius 2 is 1.94 bits per heavy atom. The van der Waals surface area contributed by atoms with E-state index in [1.54, 1.807) is 6.07 Å². The first-order valence-electron chi connectivity index (χ1n) is 12.2. The molecule has 1 saturated heterocycles. The number of nitrogens with one attached hydrogen (secondary N) is 2. The van der Waals surface area contributed by atoms with Crippen molar-refractivity contribution in [3.8, 4) is 5.75 Å². The van der Waals surface area contributed by atoms with Crippen molar-refractivity contribution < 1.29 is 14.3 Å². The van der Waals surface area contributed by atoms with Gasteiger partial charge in [0.05, 0.1) is 22.4 Å². The summed E-state index contributed by atoms with van der Waals surface area (Å²) >= 11 is 6.86. The van der Waals surface area contributed by atoms with Crippen LogP contribution in [0.4, 0.5) is 5.69 Å². The van der Waals surface area contributed by atoms with Gasteiger partial charge in [0.2, 0.25) is 0 Å². The summed E-state index contributed by atoms with van der Waals surface area (Å²) in [4.78, 5) is 30.7. The van der Waals surface area contributed by atoms with E-state index in [0.717, 1.165) is 68.8 Å². The summed E-state index contributed by atoms with van der Waals surface area (Å²) in [6.45, 7) is 8.12. The average Bonchev–Trinajstić information content (AvgIpc) is 2.78. The molecule has 184 valence electrons. The number of H-pyrrole nitrogens is 1. The molecule has 0 radical (unpaired) electrons. The van der Waals surface area contributed by atoms with E-state index in [-0.39, 0.29) is 24.1 Å². The molecule has 8 heteroatoms. The van der Waals surface area contributed by atoms with Gasteiger partial charge in [0.25, 0.3) is 11.5 Å². The number of nitrogens with zero attached hydrogens (tertiary/aromatic N) is 1. The fraction of sp³-hybridized carbons (Fsp3) is 0.538. The Kier molecular flexibility index (Phi) is 7.84. The number of hydrogen-bond donors (Lipinski definition) is 2. The van der Waals surface area contributed by atoms with Crippen LogP contribution in [0.3, 0.4) is 0 Å². The molecule has 1 aromatic heterocycles. The van der Waals surface area contributed by atoms with Crippen molar-refractivity contribution >= 4 is 23.2 Å². The van der Waals surface area contributed by atoms with E-state index in [9.17, 15) is 9.59 Å². The lowest BCUT2D eigenvalue weighted by Gasteiger charge is -2.36. The molecular formula is C26H34ClN3O4. The van der Waals surface area contributed by atoms with Crippen LogP contribution < -0.4 is 20.5 Å². The Bertz CT molecular complexity index is 1090. The number of carbonyl (C=O) groups is 1. The van der Waals surface area contributed by atoms with Gasteiger partial charge in [0.1, 0.15) is 5.75 Å². The van der Waals surface area contributed by atoms with Crippen molar-refractivity contribution in [3.05, 3.63) is 56.0 Å². The third kappa shape index (κ3) is 5.41. The van der Waals surface area contributed by atoms with Crippen molar-refractivity contribution in [2.75, 3.05) is 24.7 Å². The van der Waals surface area contributed by atoms with E-state index in [2.05, 4.69) is 22.1 Å². The van der Waals surface area contributed by atoms with Crippen molar-refractivity contribution in [2.24, 2.45) is 0 Å². The Balaban J connectivity index is 1.63. The topological polar surface area (TPSA) is 83.7 Å². The van der Waals surface area contributed by atoms with Gasteiger partial charge in [-0.05, 0) is 70.6 Å². The van der Waals surface area contributed by atoms with Crippen LogP contribution in [-0.2, 0) is 11.3 Å². The summed E-state index contributed by atoms with van der Waals surface area (Å²) in [5.41, 5.74) is 3.14. The number of pyridine rings is 1. The van der Waals surface area contributed by atoms with Gasteiger partial charge in [-0.1, -0.05) is 11.6 Å². The number of anilines is 1. The second-order valence-electron chi connectivity index (χ2n) is 9.23. The zero-order chi connectivity index (χ0) is 24.2.